The zero-order valence-electron chi connectivity index (χ0n) is 10.6. The van der Waals surface area contributed by atoms with Crippen LogP contribution in [0, 0.1) is 5.41 Å². The van der Waals surface area contributed by atoms with E-state index in [0.717, 1.165) is 0 Å². The maximum absolute atomic E-state index is 11.8. The van der Waals surface area contributed by atoms with Crippen LogP contribution in [-0.2, 0) is 17.9 Å². The van der Waals surface area contributed by atoms with Crippen molar-refractivity contribution in [2.45, 2.75) is 45.5 Å². The number of rotatable bonds is 4. The van der Waals surface area contributed by atoms with Gasteiger partial charge in [-0.1, -0.05) is 19.1 Å². The van der Waals surface area contributed by atoms with E-state index in [1.54, 1.807) is 6.20 Å². The molecule has 0 saturated heterocycles. The van der Waals surface area contributed by atoms with E-state index in [1.807, 2.05) is 13.8 Å². The third-order valence-electron chi connectivity index (χ3n) is 3.65. The average molecular weight is 253 g/mol. The standard InChI is InChI=1S/C11H19N5O2/c1-11(2)8(3-9(11)17)13-10(18)6-16-5-7(4-12)14-15-16/h5,8-9,17H,3-4,6,12H2,1-2H3,(H,13,18). The summed E-state index contributed by atoms with van der Waals surface area (Å²) in [6, 6.07) is 0.0116. The van der Waals surface area contributed by atoms with Crippen LogP contribution in [0.4, 0.5) is 0 Å². The molecule has 2 rings (SSSR count). The van der Waals surface area contributed by atoms with Crippen LogP contribution in [0.5, 0.6) is 0 Å². The summed E-state index contributed by atoms with van der Waals surface area (Å²) in [5, 5.41) is 20.1. The van der Waals surface area contributed by atoms with E-state index in [2.05, 4.69) is 15.6 Å². The van der Waals surface area contributed by atoms with E-state index in [0.29, 0.717) is 18.7 Å². The lowest BCUT2D eigenvalue weighted by atomic mass is 9.64. The first-order valence-electron chi connectivity index (χ1n) is 6.00. The van der Waals surface area contributed by atoms with Crippen LogP contribution >= 0.6 is 0 Å². The van der Waals surface area contributed by atoms with Gasteiger partial charge in [-0.3, -0.25) is 4.79 Å². The molecule has 1 saturated carbocycles. The second-order valence-corrected chi connectivity index (χ2v) is 5.30. The van der Waals surface area contributed by atoms with Crippen LogP contribution in [0.15, 0.2) is 6.20 Å². The molecule has 1 heterocycles. The Labute approximate surface area is 105 Å². The number of aliphatic hydroxyl groups excluding tert-OH is 1. The van der Waals surface area contributed by atoms with E-state index < -0.39 is 0 Å². The summed E-state index contributed by atoms with van der Waals surface area (Å²) in [4.78, 5) is 11.8. The molecule has 1 aromatic heterocycles. The Morgan fingerprint density at radius 3 is 2.94 bits per heavy atom. The summed E-state index contributed by atoms with van der Waals surface area (Å²) < 4.78 is 1.46. The molecule has 1 aliphatic rings. The quantitative estimate of drug-likeness (QED) is 0.639. The van der Waals surface area contributed by atoms with Gasteiger partial charge in [-0.15, -0.1) is 5.10 Å². The Hall–Kier alpha value is -1.47. The van der Waals surface area contributed by atoms with Crippen molar-refractivity contribution in [1.82, 2.24) is 20.3 Å². The number of nitrogens with one attached hydrogen (secondary N) is 1. The molecule has 2 atom stereocenters. The number of hydrogen-bond acceptors (Lipinski definition) is 5. The molecule has 1 fully saturated rings. The highest BCUT2D eigenvalue weighted by molar-refractivity contribution is 5.76. The van der Waals surface area contributed by atoms with Crippen molar-refractivity contribution in [3.63, 3.8) is 0 Å². The number of carbonyl (C=O) groups is 1. The Kier molecular flexibility index (Phi) is 3.36. The van der Waals surface area contributed by atoms with Gasteiger partial charge in [0.05, 0.1) is 18.0 Å². The summed E-state index contributed by atoms with van der Waals surface area (Å²) in [6.45, 7) is 4.31. The number of nitrogens with two attached hydrogens (primary N) is 1. The van der Waals surface area contributed by atoms with Crippen molar-refractivity contribution < 1.29 is 9.90 Å². The first-order valence-corrected chi connectivity index (χ1v) is 6.00. The summed E-state index contributed by atoms with van der Waals surface area (Å²) >= 11 is 0. The van der Waals surface area contributed by atoms with Crippen molar-refractivity contribution in [2.24, 2.45) is 11.1 Å². The van der Waals surface area contributed by atoms with Gasteiger partial charge in [0.25, 0.3) is 0 Å². The van der Waals surface area contributed by atoms with Crippen LogP contribution in [0.2, 0.25) is 0 Å². The normalized spacial score (nSPS) is 25.6. The first kappa shape index (κ1) is 13.0. The fraction of sp³-hybridized carbons (Fsp3) is 0.727. The molecule has 0 bridgehead atoms. The fourth-order valence-corrected chi connectivity index (χ4v) is 2.04. The Balaban J connectivity index is 1.86. The second-order valence-electron chi connectivity index (χ2n) is 5.30. The molecule has 100 valence electrons. The Morgan fingerprint density at radius 1 is 1.72 bits per heavy atom. The molecule has 2 unspecified atom stereocenters. The first-order chi connectivity index (χ1) is 8.43. The van der Waals surface area contributed by atoms with Crippen LogP contribution < -0.4 is 11.1 Å². The Bertz CT molecular complexity index is 442. The van der Waals surface area contributed by atoms with E-state index in [9.17, 15) is 9.90 Å². The summed E-state index contributed by atoms with van der Waals surface area (Å²) in [5.74, 6) is -0.131. The zero-order chi connectivity index (χ0) is 13.3. The minimum Gasteiger partial charge on any atom is -0.392 e. The van der Waals surface area contributed by atoms with Gasteiger partial charge in [0, 0.05) is 18.0 Å². The van der Waals surface area contributed by atoms with E-state index in [1.165, 1.54) is 4.68 Å². The molecule has 1 amide bonds. The minimum atomic E-state index is -0.349. The monoisotopic (exact) mass is 253 g/mol. The maximum atomic E-state index is 11.8. The van der Waals surface area contributed by atoms with Gasteiger partial charge >= 0.3 is 0 Å². The summed E-state index contributed by atoms with van der Waals surface area (Å²) in [7, 11) is 0. The molecule has 7 heteroatoms. The lowest BCUT2D eigenvalue weighted by Gasteiger charge is -2.49. The van der Waals surface area contributed by atoms with E-state index in [-0.39, 0.29) is 30.0 Å². The largest absolute Gasteiger partial charge is 0.392 e. The van der Waals surface area contributed by atoms with Gasteiger partial charge in [-0.25, -0.2) is 4.68 Å². The van der Waals surface area contributed by atoms with Crippen molar-refractivity contribution in [3.05, 3.63) is 11.9 Å². The van der Waals surface area contributed by atoms with E-state index in [4.69, 9.17) is 5.73 Å². The van der Waals surface area contributed by atoms with Crippen LogP contribution in [0.1, 0.15) is 26.0 Å². The van der Waals surface area contributed by atoms with Gasteiger partial charge < -0.3 is 16.2 Å². The minimum absolute atomic E-state index is 0.0116. The number of aromatic nitrogens is 3. The highest BCUT2D eigenvalue weighted by Gasteiger charge is 2.47. The second kappa shape index (κ2) is 4.66. The molecular formula is C11H19N5O2. The molecule has 0 radical (unpaired) electrons. The predicted octanol–water partition coefficient (Wildman–Crippen LogP) is -0.988. The molecule has 0 aromatic carbocycles. The smallest absolute Gasteiger partial charge is 0.242 e. The highest BCUT2D eigenvalue weighted by atomic mass is 16.3. The summed E-state index contributed by atoms with van der Waals surface area (Å²) in [5.41, 5.74) is 5.80. The number of carbonyl (C=O) groups excluding carboxylic acids is 1. The molecule has 18 heavy (non-hydrogen) atoms. The summed E-state index contributed by atoms with van der Waals surface area (Å²) in [6.07, 6.45) is 1.91. The van der Waals surface area contributed by atoms with Crippen LogP contribution in [0.25, 0.3) is 0 Å². The van der Waals surface area contributed by atoms with Crippen molar-refractivity contribution in [1.29, 1.82) is 0 Å². The van der Waals surface area contributed by atoms with Crippen LogP contribution in [0.3, 0.4) is 0 Å². The SMILES string of the molecule is CC1(C)C(O)CC1NC(=O)Cn1cc(CN)nn1. The average Bonchev–Trinajstić information content (AvgIpc) is 2.76. The zero-order valence-corrected chi connectivity index (χ0v) is 10.6. The highest BCUT2D eigenvalue weighted by Crippen LogP contribution is 2.40. The number of amides is 1. The van der Waals surface area contributed by atoms with Gasteiger partial charge in [0.2, 0.25) is 5.91 Å². The van der Waals surface area contributed by atoms with Crippen LogP contribution in [-0.4, -0.2) is 38.2 Å². The number of nitrogens with zero attached hydrogens (tertiary/aromatic N) is 3. The number of hydrogen-bond donors (Lipinski definition) is 3. The maximum Gasteiger partial charge on any atom is 0.242 e. The molecule has 0 spiro atoms. The van der Waals surface area contributed by atoms with Gasteiger partial charge in [-0.2, -0.15) is 0 Å². The Morgan fingerprint density at radius 2 is 2.44 bits per heavy atom. The molecule has 1 aromatic rings. The van der Waals surface area contributed by atoms with Crippen molar-refractivity contribution >= 4 is 5.91 Å². The number of aliphatic hydroxyl groups is 1. The third-order valence-corrected chi connectivity index (χ3v) is 3.65. The molecule has 1 aliphatic carbocycles. The topological polar surface area (TPSA) is 106 Å². The van der Waals surface area contributed by atoms with Gasteiger partial charge in [0.15, 0.2) is 0 Å². The lowest BCUT2D eigenvalue weighted by molar-refractivity contribution is -0.130. The lowest BCUT2D eigenvalue weighted by Crippen LogP contribution is -2.61. The molecule has 7 nitrogen and oxygen atoms in total. The van der Waals surface area contributed by atoms with Crippen molar-refractivity contribution in [3.8, 4) is 0 Å². The molecule has 0 aliphatic heterocycles. The molecular weight excluding hydrogens is 234 g/mol. The third kappa shape index (κ3) is 2.37. The van der Waals surface area contributed by atoms with Gasteiger partial charge in [0.1, 0.15) is 6.54 Å². The predicted molar refractivity (Wildman–Crippen MR) is 64.2 cm³/mol. The van der Waals surface area contributed by atoms with Crippen molar-refractivity contribution in [2.75, 3.05) is 0 Å². The van der Waals surface area contributed by atoms with Gasteiger partial charge in [-0.05, 0) is 6.42 Å². The molecule has 4 N–H and O–H groups in total. The van der Waals surface area contributed by atoms with E-state index >= 15 is 0 Å². The fourth-order valence-electron chi connectivity index (χ4n) is 2.04.